The molecule has 0 saturated heterocycles. The van der Waals surface area contributed by atoms with Gasteiger partial charge in [0, 0.05) is 5.92 Å². The van der Waals surface area contributed by atoms with E-state index in [2.05, 4.69) is 25.2 Å². The molecule has 5 atom stereocenters. The van der Waals surface area contributed by atoms with E-state index in [0.717, 1.165) is 12.7 Å². The Morgan fingerprint density at radius 1 is 1.38 bits per heavy atom. The second-order valence-electron chi connectivity index (χ2n) is 5.21. The predicted octanol–water partition coefficient (Wildman–Crippen LogP) is 1.73. The van der Waals surface area contributed by atoms with E-state index in [1.807, 2.05) is 0 Å². The minimum atomic E-state index is -3.34. The van der Waals surface area contributed by atoms with Crippen LogP contribution in [0, 0.1) is 23.7 Å². The molecular weight excluding hydrogens is 224 g/mol. The standard InChI is InChI=1S/C12H16O3S/c1-7-5-8-3-4-9-6-10(11(7)12(8)9)15-16(2,13)14/h3-5,8-12H,6H2,1-2H3/t8-,9+,10-,11+,12+/m0/s1. The number of hydrogen-bond donors (Lipinski definition) is 0. The van der Waals surface area contributed by atoms with Crippen molar-refractivity contribution in [2.45, 2.75) is 19.4 Å². The minimum Gasteiger partial charge on any atom is -0.266 e. The Balaban J connectivity index is 1.90. The molecule has 1 fully saturated rings. The first-order chi connectivity index (χ1) is 7.46. The summed E-state index contributed by atoms with van der Waals surface area (Å²) in [7, 11) is -3.34. The van der Waals surface area contributed by atoms with Gasteiger partial charge in [0.15, 0.2) is 0 Å². The van der Waals surface area contributed by atoms with Crippen LogP contribution in [0.3, 0.4) is 0 Å². The second kappa shape index (κ2) is 3.20. The van der Waals surface area contributed by atoms with Gasteiger partial charge >= 0.3 is 0 Å². The number of rotatable bonds is 2. The average molecular weight is 240 g/mol. The molecule has 3 aliphatic carbocycles. The topological polar surface area (TPSA) is 43.4 Å². The Bertz CT molecular complexity index is 474. The molecule has 3 nitrogen and oxygen atoms in total. The third-order valence-corrected chi connectivity index (χ3v) is 4.72. The Hall–Kier alpha value is -0.610. The predicted molar refractivity (Wildman–Crippen MR) is 61.2 cm³/mol. The zero-order chi connectivity index (χ0) is 11.5. The maximum atomic E-state index is 11.2. The van der Waals surface area contributed by atoms with Gasteiger partial charge in [0.2, 0.25) is 0 Å². The van der Waals surface area contributed by atoms with Crippen molar-refractivity contribution in [3.63, 3.8) is 0 Å². The van der Waals surface area contributed by atoms with Gasteiger partial charge < -0.3 is 0 Å². The lowest BCUT2D eigenvalue weighted by Crippen LogP contribution is -2.24. The van der Waals surface area contributed by atoms with Crippen LogP contribution in [0.15, 0.2) is 23.8 Å². The number of allylic oxidation sites excluding steroid dienone is 3. The fourth-order valence-corrected chi connectivity index (χ4v) is 4.37. The van der Waals surface area contributed by atoms with Gasteiger partial charge in [0.05, 0.1) is 12.4 Å². The van der Waals surface area contributed by atoms with Gasteiger partial charge in [0.25, 0.3) is 10.1 Å². The van der Waals surface area contributed by atoms with Crippen molar-refractivity contribution in [3.05, 3.63) is 23.8 Å². The fourth-order valence-electron chi connectivity index (χ4n) is 3.72. The Kier molecular flexibility index (Phi) is 2.11. The summed E-state index contributed by atoms with van der Waals surface area (Å²) in [6, 6.07) is 0. The first-order valence-corrected chi connectivity index (χ1v) is 7.52. The van der Waals surface area contributed by atoms with Gasteiger partial charge in [0.1, 0.15) is 0 Å². The zero-order valence-electron chi connectivity index (χ0n) is 9.46. The highest BCUT2D eigenvalue weighted by Crippen LogP contribution is 2.55. The third kappa shape index (κ3) is 1.47. The van der Waals surface area contributed by atoms with Crippen LogP contribution in [0.25, 0.3) is 0 Å². The molecular formula is C12H16O3S. The molecule has 88 valence electrons. The van der Waals surface area contributed by atoms with Crippen molar-refractivity contribution < 1.29 is 12.6 Å². The van der Waals surface area contributed by atoms with Crippen LogP contribution >= 0.6 is 0 Å². The van der Waals surface area contributed by atoms with E-state index in [-0.39, 0.29) is 6.10 Å². The van der Waals surface area contributed by atoms with E-state index in [9.17, 15) is 8.42 Å². The lowest BCUT2D eigenvalue weighted by Gasteiger charge is -2.20. The second-order valence-corrected chi connectivity index (χ2v) is 6.82. The zero-order valence-corrected chi connectivity index (χ0v) is 10.3. The number of hydrogen-bond acceptors (Lipinski definition) is 3. The van der Waals surface area contributed by atoms with E-state index in [1.165, 1.54) is 5.57 Å². The van der Waals surface area contributed by atoms with Crippen LogP contribution in [0.5, 0.6) is 0 Å². The molecule has 0 heterocycles. The van der Waals surface area contributed by atoms with Gasteiger partial charge in [-0.3, -0.25) is 4.18 Å². The molecule has 0 unspecified atom stereocenters. The van der Waals surface area contributed by atoms with Crippen molar-refractivity contribution in [2.24, 2.45) is 23.7 Å². The summed E-state index contributed by atoms with van der Waals surface area (Å²) in [5.74, 6) is 1.89. The lowest BCUT2D eigenvalue weighted by molar-refractivity contribution is 0.172. The van der Waals surface area contributed by atoms with Crippen LogP contribution in [0.4, 0.5) is 0 Å². The van der Waals surface area contributed by atoms with E-state index in [0.29, 0.717) is 23.7 Å². The maximum absolute atomic E-state index is 11.2. The first-order valence-electron chi connectivity index (χ1n) is 5.70. The van der Waals surface area contributed by atoms with Crippen LogP contribution in [0.2, 0.25) is 0 Å². The highest BCUT2D eigenvalue weighted by atomic mass is 32.2. The van der Waals surface area contributed by atoms with Gasteiger partial charge in [-0.25, -0.2) is 0 Å². The molecule has 4 heteroatoms. The molecule has 0 aromatic rings. The van der Waals surface area contributed by atoms with Gasteiger partial charge in [-0.15, -0.1) is 0 Å². The summed E-state index contributed by atoms with van der Waals surface area (Å²) in [6.45, 7) is 2.10. The summed E-state index contributed by atoms with van der Waals surface area (Å²) in [4.78, 5) is 0. The molecule has 16 heavy (non-hydrogen) atoms. The van der Waals surface area contributed by atoms with Crippen molar-refractivity contribution in [1.82, 2.24) is 0 Å². The fraction of sp³-hybridized carbons (Fsp3) is 0.667. The normalized spacial score (nSPS) is 44.9. The monoisotopic (exact) mass is 240 g/mol. The lowest BCUT2D eigenvalue weighted by atomic mass is 9.88. The third-order valence-electron chi connectivity index (χ3n) is 4.12. The van der Waals surface area contributed by atoms with Gasteiger partial charge in [-0.1, -0.05) is 23.8 Å². The van der Waals surface area contributed by atoms with E-state index in [1.54, 1.807) is 0 Å². The Labute approximate surface area is 96.3 Å². The minimum absolute atomic E-state index is 0.142. The highest BCUT2D eigenvalue weighted by molar-refractivity contribution is 7.86. The summed E-state index contributed by atoms with van der Waals surface area (Å²) in [5.41, 5.74) is 1.30. The Morgan fingerprint density at radius 3 is 2.81 bits per heavy atom. The summed E-state index contributed by atoms with van der Waals surface area (Å²) in [6.07, 6.45) is 8.61. The van der Waals surface area contributed by atoms with Crippen molar-refractivity contribution >= 4 is 10.1 Å². The van der Waals surface area contributed by atoms with Crippen molar-refractivity contribution in [1.29, 1.82) is 0 Å². The quantitative estimate of drug-likeness (QED) is 0.545. The molecule has 0 aromatic heterocycles. The maximum Gasteiger partial charge on any atom is 0.264 e. The van der Waals surface area contributed by atoms with E-state index < -0.39 is 10.1 Å². The average Bonchev–Trinajstić information content (AvgIpc) is 2.70. The molecule has 0 N–H and O–H groups in total. The van der Waals surface area contributed by atoms with E-state index in [4.69, 9.17) is 4.18 Å². The molecule has 0 amide bonds. The first kappa shape index (κ1) is 10.5. The molecule has 0 spiro atoms. The van der Waals surface area contributed by atoms with Gasteiger partial charge in [-0.05, 0) is 31.1 Å². The summed E-state index contributed by atoms with van der Waals surface area (Å²) >= 11 is 0. The van der Waals surface area contributed by atoms with E-state index >= 15 is 0 Å². The molecule has 0 bridgehead atoms. The smallest absolute Gasteiger partial charge is 0.264 e. The van der Waals surface area contributed by atoms with Crippen LogP contribution < -0.4 is 0 Å². The molecule has 0 aromatic carbocycles. The molecule has 0 aliphatic heterocycles. The molecule has 0 radical (unpaired) electrons. The van der Waals surface area contributed by atoms with Crippen LogP contribution in [-0.2, 0) is 14.3 Å². The molecule has 3 rings (SSSR count). The van der Waals surface area contributed by atoms with Crippen molar-refractivity contribution in [3.8, 4) is 0 Å². The van der Waals surface area contributed by atoms with Crippen LogP contribution in [-0.4, -0.2) is 20.8 Å². The SMILES string of the molecule is CC1=C[C@@H]2C=C[C@@H]3C[C@H](OS(C)(=O)=O)[C@@H]1[C@H]23. The summed E-state index contributed by atoms with van der Waals surface area (Å²) < 4.78 is 27.7. The van der Waals surface area contributed by atoms with Crippen molar-refractivity contribution in [2.75, 3.05) is 6.26 Å². The van der Waals surface area contributed by atoms with Gasteiger partial charge in [-0.2, -0.15) is 8.42 Å². The van der Waals surface area contributed by atoms with Crippen LogP contribution in [0.1, 0.15) is 13.3 Å². The largest absolute Gasteiger partial charge is 0.266 e. The Morgan fingerprint density at radius 2 is 2.12 bits per heavy atom. The summed E-state index contributed by atoms with van der Waals surface area (Å²) in [5, 5.41) is 0. The highest BCUT2D eigenvalue weighted by Gasteiger charge is 2.52. The molecule has 3 aliphatic rings. The molecule has 1 saturated carbocycles.